The molecule has 0 saturated carbocycles. The van der Waals surface area contributed by atoms with Gasteiger partial charge in [0.15, 0.2) is 0 Å². The van der Waals surface area contributed by atoms with Crippen LogP contribution in [0.15, 0.2) is 24.3 Å². The van der Waals surface area contributed by atoms with Gasteiger partial charge in [-0.1, -0.05) is 24.3 Å². The fraction of sp³-hybridized carbons (Fsp3) is 0.467. The summed E-state index contributed by atoms with van der Waals surface area (Å²) >= 11 is 0. The summed E-state index contributed by atoms with van der Waals surface area (Å²) in [5.74, 6) is -0.540. The van der Waals surface area contributed by atoms with Gasteiger partial charge in [-0.25, -0.2) is 4.79 Å². The van der Waals surface area contributed by atoms with Gasteiger partial charge in [-0.3, -0.25) is 4.79 Å². The van der Waals surface area contributed by atoms with E-state index in [4.69, 9.17) is 5.73 Å². The van der Waals surface area contributed by atoms with E-state index in [2.05, 4.69) is 27.5 Å². The molecule has 0 spiro atoms. The Hall–Kier alpha value is -2.08. The van der Waals surface area contributed by atoms with Crippen LogP contribution in [0, 0.1) is 0 Å². The summed E-state index contributed by atoms with van der Waals surface area (Å²) < 4.78 is 4.50. The van der Waals surface area contributed by atoms with Crippen molar-refractivity contribution in [3.8, 4) is 0 Å². The molecule has 0 saturated heterocycles. The van der Waals surface area contributed by atoms with Gasteiger partial charge in [0, 0.05) is 12.6 Å². The molecule has 0 fully saturated rings. The first kappa shape index (κ1) is 15.3. The first-order chi connectivity index (χ1) is 10.1. The SMILES string of the molecule is COC(=O)[C@@H](N)CNC(=O)N[C@@H]1CCc2ccccc2C1. The fourth-order valence-corrected chi connectivity index (χ4v) is 2.49. The zero-order chi connectivity index (χ0) is 15.2. The molecule has 114 valence electrons. The Bertz CT molecular complexity index is 519. The average Bonchev–Trinajstić information content (AvgIpc) is 2.51. The van der Waals surface area contributed by atoms with Crippen molar-refractivity contribution < 1.29 is 14.3 Å². The van der Waals surface area contributed by atoms with Crippen molar-refractivity contribution in [3.63, 3.8) is 0 Å². The van der Waals surface area contributed by atoms with Crippen molar-refractivity contribution in [3.05, 3.63) is 35.4 Å². The molecular formula is C15H21N3O3. The van der Waals surface area contributed by atoms with Crippen LogP contribution in [0.25, 0.3) is 0 Å². The summed E-state index contributed by atoms with van der Waals surface area (Å²) in [6, 6.07) is 7.22. The van der Waals surface area contributed by atoms with Crippen LogP contribution >= 0.6 is 0 Å². The number of aryl methyl sites for hydroxylation is 1. The number of carbonyl (C=O) groups is 2. The molecule has 1 aromatic carbocycles. The van der Waals surface area contributed by atoms with E-state index < -0.39 is 12.0 Å². The summed E-state index contributed by atoms with van der Waals surface area (Å²) in [6.45, 7) is 0.0574. The van der Waals surface area contributed by atoms with Crippen molar-refractivity contribution in [2.45, 2.75) is 31.3 Å². The van der Waals surface area contributed by atoms with Crippen molar-refractivity contribution in [2.24, 2.45) is 5.73 Å². The number of fused-ring (bicyclic) bond motifs is 1. The van der Waals surface area contributed by atoms with E-state index in [0.717, 1.165) is 19.3 Å². The minimum atomic E-state index is -0.840. The highest BCUT2D eigenvalue weighted by atomic mass is 16.5. The minimum absolute atomic E-state index is 0.0574. The number of rotatable bonds is 4. The minimum Gasteiger partial charge on any atom is -0.468 e. The molecule has 0 aromatic heterocycles. The number of esters is 1. The van der Waals surface area contributed by atoms with E-state index in [0.29, 0.717) is 0 Å². The molecule has 0 unspecified atom stereocenters. The molecule has 0 aliphatic heterocycles. The molecule has 6 heteroatoms. The van der Waals surface area contributed by atoms with E-state index in [-0.39, 0.29) is 18.6 Å². The van der Waals surface area contributed by atoms with Crippen molar-refractivity contribution in [2.75, 3.05) is 13.7 Å². The highest BCUT2D eigenvalue weighted by molar-refractivity contribution is 5.78. The number of nitrogens with two attached hydrogens (primary N) is 1. The third kappa shape index (κ3) is 4.19. The predicted octanol–water partition coefficient (Wildman–Crippen LogP) is 0.343. The van der Waals surface area contributed by atoms with Gasteiger partial charge in [0.1, 0.15) is 6.04 Å². The van der Waals surface area contributed by atoms with Gasteiger partial charge >= 0.3 is 12.0 Å². The quantitative estimate of drug-likeness (QED) is 0.698. The molecule has 2 rings (SSSR count). The zero-order valence-electron chi connectivity index (χ0n) is 12.1. The highest BCUT2D eigenvalue weighted by Gasteiger charge is 2.20. The largest absolute Gasteiger partial charge is 0.468 e. The molecule has 0 radical (unpaired) electrons. The summed E-state index contributed by atoms with van der Waals surface area (Å²) in [5.41, 5.74) is 8.18. The van der Waals surface area contributed by atoms with Gasteiger partial charge < -0.3 is 21.1 Å². The molecule has 0 bridgehead atoms. The molecule has 2 atom stereocenters. The van der Waals surface area contributed by atoms with Crippen molar-refractivity contribution in [1.29, 1.82) is 0 Å². The number of carbonyl (C=O) groups excluding carboxylic acids is 2. The monoisotopic (exact) mass is 291 g/mol. The molecule has 1 aliphatic carbocycles. The Kier molecular flexibility index (Phi) is 5.16. The second-order valence-corrected chi connectivity index (χ2v) is 5.19. The fourth-order valence-electron chi connectivity index (χ4n) is 2.49. The van der Waals surface area contributed by atoms with E-state index in [1.165, 1.54) is 18.2 Å². The van der Waals surface area contributed by atoms with Crippen LogP contribution in [-0.4, -0.2) is 37.7 Å². The number of hydrogen-bond acceptors (Lipinski definition) is 4. The van der Waals surface area contributed by atoms with Gasteiger partial charge in [-0.2, -0.15) is 0 Å². The number of nitrogens with one attached hydrogen (secondary N) is 2. The molecule has 6 nitrogen and oxygen atoms in total. The number of urea groups is 1. The second kappa shape index (κ2) is 7.08. The molecule has 1 aromatic rings. The lowest BCUT2D eigenvalue weighted by Gasteiger charge is -2.25. The summed E-state index contributed by atoms with van der Waals surface area (Å²) in [7, 11) is 1.27. The Morgan fingerprint density at radius 3 is 2.81 bits per heavy atom. The summed E-state index contributed by atoms with van der Waals surface area (Å²) in [5, 5.41) is 5.51. The highest BCUT2D eigenvalue weighted by Crippen LogP contribution is 2.20. The lowest BCUT2D eigenvalue weighted by molar-refractivity contribution is -0.141. The Balaban J connectivity index is 1.78. The molecule has 0 heterocycles. The topological polar surface area (TPSA) is 93.4 Å². The van der Waals surface area contributed by atoms with Gasteiger partial charge in [-0.05, 0) is 30.4 Å². The zero-order valence-corrected chi connectivity index (χ0v) is 12.1. The third-order valence-electron chi connectivity index (χ3n) is 3.67. The van der Waals surface area contributed by atoms with Crippen LogP contribution < -0.4 is 16.4 Å². The van der Waals surface area contributed by atoms with E-state index >= 15 is 0 Å². The molecule has 4 N–H and O–H groups in total. The number of amides is 2. The first-order valence-corrected chi connectivity index (χ1v) is 7.04. The maximum atomic E-state index is 11.8. The molecule has 1 aliphatic rings. The number of methoxy groups -OCH3 is 1. The van der Waals surface area contributed by atoms with E-state index in [1.807, 2.05) is 12.1 Å². The van der Waals surface area contributed by atoms with Crippen LogP contribution in [0.5, 0.6) is 0 Å². The second-order valence-electron chi connectivity index (χ2n) is 5.19. The molecule has 21 heavy (non-hydrogen) atoms. The van der Waals surface area contributed by atoms with Crippen LogP contribution in [0.4, 0.5) is 4.79 Å². The summed E-state index contributed by atoms with van der Waals surface area (Å²) in [4.78, 5) is 22.9. The predicted molar refractivity (Wildman–Crippen MR) is 78.8 cm³/mol. The third-order valence-corrected chi connectivity index (χ3v) is 3.67. The van der Waals surface area contributed by atoms with Crippen LogP contribution in [-0.2, 0) is 22.4 Å². The molecular weight excluding hydrogens is 270 g/mol. The number of benzene rings is 1. The van der Waals surface area contributed by atoms with Crippen molar-refractivity contribution in [1.82, 2.24) is 10.6 Å². The summed E-state index contributed by atoms with van der Waals surface area (Å²) in [6.07, 6.45) is 2.70. The van der Waals surface area contributed by atoms with E-state index in [1.54, 1.807) is 0 Å². The van der Waals surface area contributed by atoms with Crippen LogP contribution in [0.3, 0.4) is 0 Å². The Morgan fingerprint density at radius 2 is 2.10 bits per heavy atom. The van der Waals surface area contributed by atoms with E-state index in [9.17, 15) is 9.59 Å². The maximum Gasteiger partial charge on any atom is 0.324 e. The first-order valence-electron chi connectivity index (χ1n) is 7.04. The van der Waals surface area contributed by atoms with Crippen molar-refractivity contribution >= 4 is 12.0 Å². The Morgan fingerprint density at radius 1 is 1.38 bits per heavy atom. The number of hydrogen-bond donors (Lipinski definition) is 3. The average molecular weight is 291 g/mol. The lowest BCUT2D eigenvalue weighted by atomic mass is 9.88. The van der Waals surface area contributed by atoms with Gasteiger partial charge in [0.05, 0.1) is 7.11 Å². The Labute approximate surface area is 124 Å². The van der Waals surface area contributed by atoms with Gasteiger partial charge in [-0.15, -0.1) is 0 Å². The standard InChI is InChI=1S/C15H21N3O3/c1-21-14(19)13(16)9-17-15(20)18-12-7-6-10-4-2-3-5-11(10)8-12/h2-5,12-13H,6-9,16H2,1H3,(H2,17,18,20)/t12-,13+/m1/s1. The maximum absolute atomic E-state index is 11.8. The van der Waals surface area contributed by atoms with Gasteiger partial charge in [0.2, 0.25) is 0 Å². The van der Waals surface area contributed by atoms with Crippen LogP contribution in [0.2, 0.25) is 0 Å². The smallest absolute Gasteiger partial charge is 0.324 e. The number of ether oxygens (including phenoxy) is 1. The molecule has 2 amide bonds. The lowest BCUT2D eigenvalue weighted by Crippen LogP contribution is -2.49. The van der Waals surface area contributed by atoms with Gasteiger partial charge in [0.25, 0.3) is 0 Å². The normalized spacial score (nSPS) is 18.3. The van der Waals surface area contributed by atoms with Crippen LogP contribution in [0.1, 0.15) is 17.5 Å².